The lowest BCUT2D eigenvalue weighted by Crippen LogP contribution is -2.60. The van der Waals surface area contributed by atoms with E-state index in [1.165, 1.54) is 24.3 Å². The zero-order valence-electron chi connectivity index (χ0n) is 16.7. The average Bonchev–Trinajstić information content (AvgIpc) is 2.75. The number of carbonyl (C=O) groups is 2. The molecule has 3 rings (SSSR count). The highest BCUT2D eigenvalue weighted by Gasteiger charge is 2.40. The van der Waals surface area contributed by atoms with E-state index in [0.717, 1.165) is 25.3 Å². The Hall–Kier alpha value is -2.38. The summed E-state index contributed by atoms with van der Waals surface area (Å²) >= 11 is 11.3. The van der Waals surface area contributed by atoms with Crippen LogP contribution in [0.4, 0.5) is 8.78 Å². The van der Waals surface area contributed by atoms with Gasteiger partial charge in [-0.25, -0.2) is 8.78 Å². The van der Waals surface area contributed by atoms with Crippen LogP contribution in [0, 0.1) is 11.6 Å². The molecule has 0 bridgehead atoms. The predicted molar refractivity (Wildman–Crippen MR) is 114 cm³/mol. The van der Waals surface area contributed by atoms with Gasteiger partial charge >= 0.3 is 0 Å². The van der Waals surface area contributed by atoms with Crippen LogP contribution >= 0.6 is 23.2 Å². The molecular weight excluding hydrogens is 449 g/mol. The Morgan fingerprint density at radius 2 is 1.61 bits per heavy atom. The minimum absolute atomic E-state index is 0.00617. The summed E-state index contributed by atoms with van der Waals surface area (Å²) < 4.78 is 32.5. The molecule has 2 aromatic carbocycles. The number of nitrogens with one attached hydrogen (secondary N) is 2. The standard InChI is InChI=1S/C22H22Cl2F2N2O3/c23-16-6-4-14(10-18(16)25)12-27-21(30)22(8-2-1-3-9-22)28-20(29)13-31-15-5-7-17(24)19(26)11-15/h4-7,10-11H,1-3,8-9,12-13H2,(H,27,30)(H,28,29). The van der Waals surface area contributed by atoms with E-state index in [-0.39, 0.29) is 34.9 Å². The second kappa shape index (κ2) is 10.3. The summed E-state index contributed by atoms with van der Waals surface area (Å²) in [6.45, 7) is -0.274. The molecule has 166 valence electrons. The number of halogens is 4. The highest BCUT2D eigenvalue weighted by Crippen LogP contribution is 2.29. The van der Waals surface area contributed by atoms with E-state index in [2.05, 4.69) is 10.6 Å². The zero-order chi connectivity index (χ0) is 22.4. The van der Waals surface area contributed by atoms with E-state index in [4.69, 9.17) is 27.9 Å². The lowest BCUT2D eigenvalue weighted by atomic mass is 9.80. The summed E-state index contributed by atoms with van der Waals surface area (Å²) in [6, 6.07) is 8.18. The third-order valence-corrected chi connectivity index (χ3v) is 5.83. The van der Waals surface area contributed by atoms with Crippen molar-refractivity contribution < 1.29 is 23.1 Å². The van der Waals surface area contributed by atoms with Crippen molar-refractivity contribution in [2.75, 3.05) is 6.61 Å². The first-order chi connectivity index (χ1) is 14.8. The molecule has 1 aliphatic carbocycles. The van der Waals surface area contributed by atoms with Crippen LogP contribution in [-0.2, 0) is 16.1 Å². The van der Waals surface area contributed by atoms with E-state index in [1.54, 1.807) is 6.07 Å². The highest BCUT2D eigenvalue weighted by molar-refractivity contribution is 6.31. The van der Waals surface area contributed by atoms with E-state index >= 15 is 0 Å². The van der Waals surface area contributed by atoms with E-state index in [1.807, 2.05) is 0 Å². The van der Waals surface area contributed by atoms with Crippen LogP contribution in [0.25, 0.3) is 0 Å². The van der Waals surface area contributed by atoms with Gasteiger partial charge in [0.15, 0.2) is 6.61 Å². The predicted octanol–water partition coefficient (Wildman–Crippen LogP) is 4.79. The van der Waals surface area contributed by atoms with Crippen molar-refractivity contribution in [1.29, 1.82) is 0 Å². The number of rotatable bonds is 7. The van der Waals surface area contributed by atoms with Gasteiger partial charge in [0.25, 0.3) is 5.91 Å². The summed E-state index contributed by atoms with van der Waals surface area (Å²) in [6.07, 6.45) is 3.50. The molecule has 1 saturated carbocycles. The van der Waals surface area contributed by atoms with Gasteiger partial charge in [0.05, 0.1) is 10.0 Å². The molecule has 0 radical (unpaired) electrons. The Labute approximate surface area is 189 Å². The van der Waals surface area contributed by atoms with Gasteiger partial charge in [-0.3, -0.25) is 9.59 Å². The molecule has 0 spiro atoms. The summed E-state index contributed by atoms with van der Waals surface area (Å²) in [4.78, 5) is 25.5. The fourth-order valence-corrected chi connectivity index (χ4v) is 3.82. The van der Waals surface area contributed by atoms with Gasteiger partial charge < -0.3 is 15.4 Å². The molecule has 9 heteroatoms. The minimum atomic E-state index is -1.07. The van der Waals surface area contributed by atoms with Crippen LogP contribution in [0.1, 0.15) is 37.7 Å². The number of benzene rings is 2. The number of hydrogen-bond acceptors (Lipinski definition) is 3. The Bertz CT molecular complexity index is 966. The van der Waals surface area contributed by atoms with Crippen molar-refractivity contribution in [3.8, 4) is 5.75 Å². The molecule has 2 amide bonds. The number of ether oxygens (including phenoxy) is 1. The van der Waals surface area contributed by atoms with E-state index < -0.39 is 23.1 Å². The van der Waals surface area contributed by atoms with E-state index in [9.17, 15) is 18.4 Å². The van der Waals surface area contributed by atoms with Crippen molar-refractivity contribution in [2.45, 2.75) is 44.2 Å². The first kappa shape index (κ1) is 23.3. The molecule has 1 aliphatic rings. The monoisotopic (exact) mass is 470 g/mol. The van der Waals surface area contributed by atoms with Crippen LogP contribution in [0.3, 0.4) is 0 Å². The Balaban J connectivity index is 1.61. The van der Waals surface area contributed by atoms with Gasteiger partial charge in [0, 0.05) is 12.6 Å². The molecule has 2 N–H and O–H groups in total. The molecule has 0 heterocycles. The smallest absolute Gasteiger partial charge is 0.258 e. The average molecular weight is 471 g/mol. The molecule has 0 saturated heterocycles. The molecule has 0 unspecified atom stereocenters. The normalized spacial score (nSPS) is 15.2. The quantitative estimate of drug-likeness (QED) is 0.611. The van der Waals surface area contributed by atoms with Crippen LogP contribution in [0.5, 0.6) is 5.75 Å². The molecular formula is C22H22Cl2F2N2O3. The lowest BCUT2D eigenvalue weighted by molar-refractivity contribution is -0.136. The molecule has 31 heavy (non-hydrogen) atoms. The zero-order valence-corrected chi connectivity index (χ0v) is 18.2. The second-order valence-electron chi connectivity index (χ2n) is 7.49. The molecule has 0 atom stereocenters. The summed E-state index contributed by atoms with van der Waals surface area (Å²) in [7, 11) is 0. The molecule has 1 fully saturated rings. The third kappa shape index (κ3) is 6.08. The summed E-state index contributed by atoms with van der Waals surface area (Å²) in [5, 5.41) is 5.53. The summed E-state index contributed by atoms with van der Waals surface area (Å²) in [5.41, 5.74) is -0.518. The number of hydrogen-bond donors (Lipinski definition) is 2. The van der Waals surface area contributed by atoms with Crippen LogP contribution in [0.15, 0.2) is 36.4 Å². The SMILES string of the molecule is O=C(COc1ccc(Cl)c(F)c1)NC1(C(=O)NCc2ccc(Cl)c(F)c2)CCCCC1. The fourth-order valence-electron chi connectivity index (χ4n) is 3.58. The minimum Gasteiger partial charge on any atom is -0.484 e. The van der Waals surface area contributed by atoms with Crippen LogP contribution < -0.4 is 15.4 Å². The van der Waals surface area contributed by atoms with Crippen LogP contribution in [-0.4, -0.2) is 24.0 Å². The van der Waals surface area contributed by atoms with Gasteiger partial charge in [-0.15, -0.1) is 0 Å². The van der Waals surface area contributed by atoms with Gasteiger partial charge in [-0.2, -0.15) is 0 Å². The van der Waals surface area contributed by atoms with Crippen molar-refractivity contribution in [3.63, 3.8) is 0 Å². The fraction of sp³-hybridized carbons (Fsp3) is 0.364. The van der Waals surface area contributed by atoms with Crippen molar-refractivity contribution >= 4 is 35.0 Å². The van der Waals surface area contributed by atoms with Gasteiger partial charge in [0.2, 0.25) is 5.91 Å². The molecule has 0 aromatic heterocycles. The first-order valence-electron chi connectivity index (χ1n) is 9.90. The van der Waals surface area contributed by atoms with Gasteiger partial charge in [0.1, 0.15) is 22.9 Å². The maximum atomic E-state index is 13.6. The molecule has 5 nitrogen and oxygen atoms in total. The summed E-state index contributed by atoms with van der Waals surface area (Å²) in [5.74, 6) is -1.89. The molecule has 0 aliphatic heterocycles. The van der Waals surface area contributed by atoms with E-state index in [0.29, 0.717) is 18.4 Å². The van der Waals surface area contributed by atoms with Crippen molar-refractivity contribution in [2.24, 2.45) is 0 Å². The van der Waals surface area contributed by atoms with Crippen molar-refractivity contribution in [1.82, 2.24) is 10.6 Å². The van der Waals surface area contributed by atoms with Crippen molar-refractivity contribution in [3.05, 3.63) is 63.6 Å². The Morgan fingerprint density at radius 3 is 2.26 bits per heavy atom. The maximum Gasteiger partial charge on any atom is 0.258 e. The largest absolute Gasteiger partial charge is 0.484 e. The second-order valence-corrected chi connectivity index (χ2v) is 8.30. The first-order valence-corrected chi connectivity index (χ1v) is 10.7. The highest BCUT2D eigenvalue weighted by atomic mass is 35.5. The topological polar surface area (TPSA) is 67.4 Å². The molecule has 2 aromatic rings. The van der Waals surface area contributed by atoms with Gasteiger partial charge in [-0.1, -0.05) is 48.5 Å². The van der Waals surface area contributed by atoms with Gasteiger partial charge in [-0.05, 0) is 42.7 Å². The number of amides is 2. The Kier molecular flexibility index (Phi) is 7.73. The lowest BCUT2D eigenvalue weighted by Gasteiger charge is -2.36. The third-order valence-electron chi connectivity index (χ3n) is 5.22. The van der Waals surface area contributed by atoms with Crippen LogP contribution in [0.2, 0.25) is 10.0 Å². The maximum absolute atomic E-state index is 13.6. The number of carbonyl (C=O) groups excluding carboxylic acids is 2. The Morgan fingerprint density at radius 1 is 0.968 bits per heavy atom.